The highest BCUT2D eigenvalue weighted by atomic mass is 32.2. The number of nitrogens with zero attached hydrogens (tertiary/aromatic N) is 4. The normalized spacial score (nSPS) is 11.2. The van der Waals surface area contributed by atoms with Crippen LogP contribution in [0.2, 0.25) is 0 Å². The standard InChI is InChI=1S/C16H17N7O3S/c1-9-8-14(18-11(3)17-9)23-27(25,26)13-6-4-12(5-7-13)19-15-10(2)21-22-16(24)20-15/h4-8H,1-3H3,(H,17,18,23)(H2,19,20,22,24). The molecule has 0 atom stereocenters. The molecule has 2 aromatic heterocycles. The summed E-state index contributed by atoms with van der Waals surface area (Å²) in [6.07, 6.45) is 0. The van der Waals surface area contributed by atoms with Gasteiger partial charge in [0.05, 0.1) is 4.90 Å². The van der Waals surface area contributed by atoms with E-state index in [1.54, 1.807) is 39.0 Å². The lowest BCUT2D eigenvalue weighted by Crippen LogP contribution is -2.16. The zero-order valence-electron chi connectivity index (χ0n) is 14.8. The molecule has 3 N–H and O–H groups in total. The maximum atomic E-state index is 12.5. The van der Waals surface area contributed by atoms with Crippen LogP contribution in [0, 0.1) is 20.8 Å². The summed E-state index contributed by atoms with van der Waals surface area (Å²) in [5.74, 6) is 0.970. The maximum absolute atomic E-state index is 12.5. The molecule has 1 aromatic carbocycles. The van der Waals surface area contributed by atoms with Crippen LogP contribution in [-0.4, -0.2) is 33.6 Å². The molecule has 0 aliphatic rings. The number of aromatic amines is 1. The first-order chi connectivity index (χ1) is 12.7. The van der Waals surface area contributed by atoms with Crippen molar-refractivity contribution in [3.05, 3.63) is 58.0 Å². The molecule has 0 unspecified atom stereocenters. The van der Waals surface area contributed by atoms with Crippen LogP contribution in [-0.2, 0) is 10.0 Å². The molecule has 0 radical (unpaired) electrons. The van der Waals surface area contributed by atoms with Crippen molar-refractivity contribution in [1.82, 2.24) is 25.1 Å². The van der Waals surface area contributed by atoms with Crippen LogP contribution in [0.5, 0.6) is 0 Å². The van der Waals surface area contributed by atoms with Crippen molar-refractivity contribution in [1.29, 1.82) is 0 Å². The summed E-state index contributed by atoms with van der Waals surface area (Å²) in [6.45, 7) is 5.12. The van der Waals surface area contributed by atoms with Crippen LogP contribution >= 0.6 is 0 Å². The summed E-state index contributed by atoms with van der Waals surface area (Å²) in [5.41, 5.74) is 1.14. The monoisotopic (exact) mass is 387 g/mol. The lowest BCUT2D eigenvalue weighted by atomic mass is 10.3. The Kier molecular flexibility index (Phi) is 4.86. The minimum absolute atomic E-state index is 0.0654. The van der Waals surface area contributed by atoms with Crippen molar-refractivity contribution in [2.75, 3.05) is 10.0 Å². The Morgan fingerprint density at radius 3 is 2.37 bits per heavy atom. The zero-order valence-corrected chi connectivity index (χ0v) is 15.6. The highest BCUT2D eigenvalue weighted by molar-refractivity contribution is 7.92. The highest BCUT2D eigenvalue weighted by Gasteiger charge is 2.15. The smallest absolute Gasteiger partial charge is 0.338 e. The quantitative estimate of drug-likeness (QED) is 0.596. The van der Waals surface area contributed by atoms with E-state index >= 15 is 0 Å². The van der Waals surface area contributed by atoms with Gasteiger partial charge in [0.15, 0.2) is 5.82 Å². The average molecular weight is 387 g/mol. The van der Waals surface area contributed by atoms with Gasteiger partial charge in [0.1, 0.15) is 17.3 Å². The number of rotatable bonds is 5. The molecule has 0 spiro atoms. The third-order valence-corrected chi connectivity index (χ3v) is 4.88. The number of hydrogen-bond acceptors (Lipinski definition) is 8. The number of hydrogen-bond donors (Lipinski definition) is 3. The first-order valence-corrected chi connectivity index (χ1v) is 9.37. The summed E-state index contributed by atoms with van der Waals surface area (Å²) in [7, 11) is -3.80. The van der Waals surface area contributed by atoms with Crippen LogP contribution in [0.25, 0.3) is 0 Å². The third kappa shape index (κ3) is 4.44. The molecule has 0 saturated heterocycles. The number of benzene rings is 1. The van der Waals surface area contributed by atoms with Gasteiger partial charge in [0.25, 0.3) is 10.0 Å². The van der Waals surface area contributed by atoms with Gasteiger partial charge in [-0.25, -0.2) is 28.3 Å². The molecule has 3 aromatic rings. The second-order valence-corrected chi connectivity index (χ2v) is 7.45. The topological polar surface area (TPSA) is 143 Å². The van der Waals surface area contributed by atoms with E-state index in [1.807, 2.05) is 0 Å². The molecule has 0 amide bonds. The lowest BCUT2D eigenvalue weighted by molar-refractivity contribution is 0.601. The third-order valence-electron chi connectivity index (χ3n) is 3.51. The van der Waals surface area contributed by atoms with Crippen LogP contribution in [0.1, 0.15) is 17.2 Å². The van der Waals surface area contributed by atoms with E-state index in [2.05, 4.69) is 35.2 Å². The molecule has 0 fully saturated rings. The lowest BCUT2D eigenvalue weighted by Gasteiger charge is -2.10. The van der Waals surface area contributed by atoms with Crippen LogP contribution in [0.4, 0.5) is 17.3 Å². The summed E-state index contributed by atoms with van der Waals surface area (Å²) >= 11 is 0. The van der Waals surface area contributed by atoms with Gasteiger partial charge < -0.3 is 5.32 Å². The number of aromatic nitrogens is 5. The minimum Gasteiger partial charge on any atom is -0.338 e. The van der Waals surface area contributed by atoms with Crippen molar-refractivity contribution in [3.8, 4) is 0 Å². The largest absolute Gasteiger partial charge is 0.363 e. The van der Waals surface area contributed by atoms with Gasteiger partial charge in [-0.05, 0) is 45.0 Å². The van der Waals surface area contributed by atoms with E-state index in [4.69, 9.17) is 0 Å². The van der Waals surface area contributed by atoms with E-state index in [0.717, 1.165) is 0 Å². The first kappa shape index (κ1) is 18.5. The molecule has 10 nitrogen and oxygen atoms in total. The number of sulfonamides is 1. The van der Waals surface area contributed by atoms with E-state index in [-0.39, 0.29) is 10.7 Å². The first-order valence-electron chi connectivity index (χ1n) is 7.88. The van der Waals surface area contributed by atoms with Crippen molar-refractivity contribution in [3.63, 3.8) is 0 Å². The number of nitrogens with one attached hydrogen (secondary N) is 3. The number of aryl methyl sites for hydroxylation is 3. The van der Waals surface area contributed by atoms with Gasteiger partial charge in [0.2, 0.25) is 0 Å². The highest BCUT2D eigenvalue weighted by Crippen LogP contribution is 2.20. The second kappa shape index (κ2) is 7.11. The van der Waals surface area contributed by atoms with Gasteiger partial charge in [-0.15, -0.1) is 0 Å². The summed E-state index contributed by atoms with van der Waals surface area (Å²) < 4.78 is 27.5. The maximum Gasteiger partial charge on any atom is 0.363 e. The molecule has 140 valence electrons. The van der Waals surface area contributed by atoms with E-state index in [0.29, 0.717) is 28.7 Å². The fourth-order valence-electron chi connectivity index (χ4n) is 2.33. The minimum atomic E-state index is -3.80. The van der Waals surface area contributed by atoms with Gasteiger partial charge in [-0.1, -0.05) is 0 Å². The van der Waals surface area contributed by atoms with Crippen LogP contribution in [0.3, 0.4) is 0 Å². The molecule has 0 aliphatic carbocycles. The average Bonchev–Trinajstić information content (AvgIpc) is 2.57. The SMILES string of the molecule is Cc1cc(NS(=O)(=O)c2ccc(Nc3nc(=O)[nH]nc3C)cc2)nc(C)n1. The van der Waals surface area contributed by atoms with E-state index < -0.39 is 15.7 Å². The molecule has 0 saturated carbocycles. The predicted molar refractivity (Wildman–Crippen MR) is 99.4 cm³/mol. The van der Waals surface area contributed by atoms with Crippen molar-refractivity contribution < 1.29 is 8.42 Å². The van der Waals surface area contributed by atoms with Gasteiger partial charge in [-0.2, -0.15) is 10.1 Å². The molecule has 3 rings (SSSR count). The van der Waals surface area contributed by atoms with E-state index in [1.165, 1.54) is 12.1 Å². The van der Waals surface area contributed by atoms with Gasteiger partial charge >= 0.3 is 5.69 Å². The zero-order chi connectivity index (χ0) is 19.6. The summed E-state index contributed by atoms with van der Waals surface area (Å²) in [6, 6.07) is 7.54. The fourth-order valence-corrected chi connectivity index (χ4v) is 3.32. The molecule has 27 heavy (non-hydrogen) atoms. The molecular formula is C16H17N7O3S. The Morgan fingerprint density at radius 1 is 1.00 bits per heavy atom. The van der Waals surface area contributed by atoms with Crippen LogP contribution < -0.4 is 15.7 Å². The number of anilines is 3. The summed E-state index contributed by atoms with van der Waals surface area (Å²) in [4.78, 5) is 23.3. The van der Waals surface area contributed by atoms with Crippen molar-refractivity contribution >= 4 is 27.3 Å². The number of H-pyrrole nitrogens is 1. The molecule has 2 heterocycles. The van der Waals surface area contributed by atoms with Gasteiger partial charge in [-0.3, -0.25) is 4.72 Å². The van der Waals surface area contributed by atoms with Crippen molar-refractivity contribution in [2.24, 2.45) is 0 Å². The van der Waals surface area contributed by atoms with Gasteiger partial charge in [0, 0.05) is 17.4 Å². The summed E-state index contributed by atoms with van der Waals surface area (Å²) in [5, 5.41) is 8.97. The molecule has 0 aliphatic heterocycles. The Hall–Kier alpha value is -3.34. The molecule has 0 bridgehead atoms. The molecule has 11 heteroatoms. The fraction of sp³-hybridized carbons (Fsp3) is 0.188. The van der Waals surface area contributed by atoms with Crippen molar-refractivity contribution in [2.45, 2.75) is 25.7 Å². The Labute approximate surface area is 155 Å². The second-order valence-electron chi connectivity index (χ2n) is 5.77. The molecular weight excluding hydrogens is 370 g/mol. The Balaban J connectivity index is 1.81. The van der Waals surface area contributed by atoms with Crippen LogP contribution in [0.15, 0.2) is 40.0 Å². The Bertz CT molecular complexity index is 1120. The Morgan fingerprint density at radius 2 is 1.70 bits per heavy atom. The van der Waals surface area contributed by atoms with E-state index in [9.17, 15) is 13.2 Å². The predicted octanol–water partition coefficient (Wildman–Crippen LogP) is 1.42.